The lowest BCUT2D eigenvalue weighted by Crippen LogP contribution is -2.40. The van der Waals surface area contributed by atoms with Crippen LogP contribution in [0.15, 0.2) is 23.2 Å². The highest BCUT2D eigenvalue weighted by atomic mass is 19.1. The molecule has 1 aromatic rings. The Labute approximate surface area is 112 Å². The van der Waals surface area contributed by atoms with Crippen molar-refractivity contribution >= 4 is 5.96 Å². The highest BCUT2D eigenvalue weighted by Crippen LogP contribution is 2.10. The van der Waals surface area contributed by atoms with Crippen molar-refractivity contribution in [2.75, 3.05) is 26.7 Å². The summed E-state index contributed by atoms with van der Waals surface area (Å²) in [5.41, 5.74) is 0.519. The summed E-state index contributed by atoms with van der Waals surface area (Å²) in [4.78, 5) is 6.41. The third-order valence-corrected chi connectivity index (χ3v) is 3.31. The fourth-order valence-corrected chi connectivity index (χ4v) is 2.29. The van der Waals surface area contributed by atoms with Gasteiger partial charge in [0.2, 0.25) is 0 Å². The van der Waals surface area contributed by atoms with Gasteiger partial charge in [-0.3, -0.25) is 4.99 Å². The Bertz CT molecular complexity index is 454. The molecule has 0 atom stereocenters. The smallest absolute Gasteiger partial charge is 0.193 e. The Kier molecular flexibility index (Phi) is 4.71. The summed E-state index contributed by atoms with van der Waals surface area (Å²) in [6, 6.07) is 3.70. The minimum Gasteiger partial charge on any atom is -0.356 e. The van der Waals surface area contributed by atoms with Crippen LogP contribution in [0.1, 0.15) is 18.4 Å². The highest BCUT2D eigenvalue weighted by Gasteiger charge is 2.15. The number of hydrogen-bond donors (Lipinski definition) is 1. The lowest BCUT2D eigenvalue weighted by Gasteiger charge is -2.20. The first-order valence-electron chi connectivity index (χ1n) is 6.60. The van der Waals surface area contributed by atoms with Gasteiger partial charge in [-0.25, -0.2) is 8.78 Å². The van der Waals surface area contributed by atoms with E-state index in [1.54, 1.807) is 7.05 Å². The lowest BCUT2D eigenvalue weighted by atomic mass is 10.1. The number of nitrogens with zero attached hydrogens (tertiary/aromatic N) is 2. The largest absolute Gasteiger partial charge is 0.356 e. The topological polar surface area (TPSA) is 27.6 Å². The third kappa shape index (κ3) is 3.66. The summed E-state index contributed by atoms with van der Waals surface area (Å²) in [6.45, 7) is 2.63. The lowest BCUT2D eigenvalue weighted by molar-refractivity contribution is 0.493. The molecule has 19 heavy (non-hydrogen) atoms. The van der Waals surface area contributed by atoms with Gasteiger partial charge in [-0.15, -0.1) is 0 Å². The third-order valence-electron chi connectivity index (χ3n) is 3.31. The fourth-order valence-electron chi connectivity index (χ4n) is 2.29. The molecule has 0 spiro atoms. The van der Waals surface area contributed by atoms with E-state index in [4.69, 9.17) is 0 Å². The molecule has 1 aliphatic heterocycles. The minimum absolute atomic E-state index is 0.488. The Morgan fingerprint density at radius 1 is 1.32 bits per heavy atom. The van der Waals surface area contributed by atoms with E-state index in [9.17, 15) is 8.78 Å². The first-order valence-corrected chi connectivity index (χ1v) is 6.60. The van der Waals surface area contributed by atoms with Gasteiger partial charge in [-0.2, -0.15) is 0 Å². The number of halogens is 2. The van der Waals surface area contributed by atoms with E-state index < -0.39 is 11.6 Å². The molecule has 1 fully saturated rings. The summed E-state index contributed by atoms with van der Waals surface area (Å²) in [5, 5.41) is 3.22. The first-order chi connectivity index (χ1) is 9.20. The molecule has 1 heterocycles. The molecule has 5 heteroatoms. The minimum atomic E-state index is -0.540. The van der Waals surface area contributed by atoms with Gasteiger partial charge in [-0.05, 0) is 30.9 Å². The predicted molar refractivity (Wildman–Crippen MR) is 72.2 cm³/mol. The highest BCUT2D eigenvalue weighted by molar-refractivity contribution is 5.80. The molecule has 1 saturated heterocycles. The van der Waals surface area contributed by atoms with Crippen molar-refractivity contribution in [3.05, 3.63) is 35.4 Å². The maximum absolute atomic E-state index is 13.4. The molecule has 0 radical (unpaired) electrons. The number of rotatable bonds is 3. The normalized spacial score (nSPS) is 15.9. The first kappa shape index (κ1) is 13.8. The summed E-state index contributed by atoms with van der Waals surface area (Å²) in [7, 11) is 1.75. The zero-order chi connectivity index (χ0) is 13.7. The van der Waals surface area contributed by atoms with Crippen LogP contribution in [-0.2, 0) is 6.42 Å². The van der Waals surface area contributed by atoms with Gasteiger partial charge in [0.1, 0.15) is 11.6 Å². The molecule has 0 bridgehead atoms. The van der Waals surface area contributed by atoms with Crippen LogP contribution in [0.3, 0.4) is 0 Å². The van der Waals surface area contributed by atoms with Crippen LogP contribution in [0.2, 0.25) is 0 Å². The van der Waals surface area contributed by atoms with Crippen molar-refractivity contribution in [3.63, 3.8) is 0 Å². The van der Waals surface area contributed by atoms with Gasteiger partial charge in [0.25, 0.3) is 0 Å². The Morgan fingerprint density at radius 2 is 2.05 bits per heavy atom. The van der Waals surface area contributed by atoms with Gasteiger partial charge in [0.05, 0.1) is 0 Å². The number of hydrogen-bond acceptors (Lipinski definition) is 1. The van der Waals surface area contributed by atoms with E-state index >= 15 is 0 Å². The summed E-state index contributed by atoms with van der Waals surface area (Å²) < 4.78 is 26.2. The van der Waals surface area contributed by atoms with E-state index in [1.165, 1.54) is 25.0 Å². The molecule has 0 amide bonds. The van der Waals surface area contributed by atoms with Gasteiger partial charge in [0, 0.05) is 32.7 Å². The molecule has 1 aromatic carbocycles. The predicted octanol–water partition coefficient (Wildman–Crippen LogP) is 2.18. The van der Waals surface area contributed by atoms with E-state index in [0.29, 0.717) is 18.5 Å². The second-order valence-corrected chi connectivity index (χ2v) is 4.65. The van der Waals surface area contributed by atoms with Crippen molar-refractivity contribution < 1.29 is 8.78 Å². The summed E-state index contributed by atoms with van der Waals surface area (Å²) in [5.74, 6) is -0.167. The average Bonchev–Trinajstić information content (AvgIpc) is 2.90. The zero-order valence-electron chi connectivity index (χ0n) is 11.1. The number of benzene rings is 1. The molecular weight excluding hydrogens is 248 g/mol. The molecule has 1 aliphatic rings. The van der Waals surface area contributed by atoms with E-state index in [1.807, 2.05) is 0 Å². The molecule has 0 unspecified atom stereocenters. The molecular formula is C14H19F2N3. The van der Waals surface area contributed by atoms with Crippen LogP contribution in [0, 0.1) is 11.6 Å². The maximum atomic E-state index is 13.4. The Morgan fingerprint density at radius 3 is 2.68 bits per heavy atom. The summed E-state index contributed by atoms with van der Waals surface area (Å²) in [6.07, 6.45) is 2.89. The van der Waals surface area contributed by atoms with Crippen LogP contribution >= 0.6 is 0 Å². The maximum Gasteiger partial charge on any atom is 0.193 e. The van der Waals surface area contributed by atoms with Crippen molar-refractivity contribution in [2.24, 2.45) is 4.99 Å². The quantitative estimate of drug-likeness (QED) is 0.671. The van der Waals surface area contributed by atoms with E-state index in [-0.39, 0.29) is 0 Å². The monoisotopic (exact) mass is 267 g/mol. The number of nitrogens with one attached hydrogen (secondary N) is 1. The van der Waals surface area contributed by atoms with Crippen molar-refractivity contribution in [2.45, 2.75) is 19.3 Å². The number of aliphatic imine (C=N–C) groups is 1. The number of likely N-dealkylation sites (tertiary alicyclic amines) is 1. The molecule has 0 saturated carbocycles. The van der Waals surface area contributed by atoms with E-state index in [0.717, 1.165) is 25.1 Å². The Hall–Kier alpha value is -1.65. The zero-order valence-corrected chi connectivity index (χ0v) is 11.1. The van der Waals surface area contributed by atoms with Crippen LogP contribution in [0.25, 0.3) is 0 Å². The standard InChI is InChI=1S/C14H19F2N3/c1-17-14(19-8-2-3-9-19)18-7-6-11-4-5-12(15)10-13(11)16/h4-5,10H,2-3,6-9H2,1H3,(H,17,18). The number of guanidine groups is 1. The molecule has 2 rings (SSSR count). The molecule has 104 valence electrons. The molecule has 3 nitrogen and oxygen atoms in total. The summed E-state index contributed by atoms with van der Waals surface area (Å²) >= 11 is 0. The van der Waals surface area contributed by atoms with Crippen molar-refractivity contribution in [1.29, 1.82) is 0 Å². The molecule has 1 N–H and O–H groups in total. The Balaban J connectivity index is 1.85. The van der Waals surface area contributed by atoms with Crippen LogP contribution in [0.4, 0.5) is 8.78 Å². The van der Waals surface area contributed by atoms with Crippen LogP contribution < -0.4 is 5.32 Å². The van der Waals surface area contributed by atoms with Gasteiger partial charge in [-0.1, -0.05) is 6.07 Å². The molecule has 0 aliphatic carbocycles. The van der Waals surface area contributed by atoms with Gasteiger partial charge < -0.3 is 10.2 Å². The van der Waals surface area contributed by atoms with Gasteiger partial charge >= 0.3 is 0 Å². The average molecular weight is 267 g/mol. The van der Waals surface area contributed by atoms with Crippen molar-refractivity contribution in [3.8, 4) is 0 Å². The van der Waals surface area contributed by atoms with Gasteiger partial charge in [0.15, 0.2) is 5.96 Å². The fraction of sp³-hybridized carbons (Fsp3) is 0.500. The second kappa shape index (κ2) is 6.50. The SMILES string of the molecule is CN=C(NCCc1ccc(F)cc1F)N1CCCC1. The van der Waals surface area contributed by atoms with E-state index in [2.05, 4.69) is 15.2 Å². The van der Waals surface area contributed by atoms with Crippen LogP contribution in [0.5, 0.6) is 0 Å². The molecule has 0 aromatic heterocycles. The second-order valence-electron chi connectivity index (χ2n) is 4.65. The van der Waals surface area contributed by atoms with Crippen molar-refractivity contribution in [1.82, 2.24) is 10.2 Å². The van der Waals surface area contributed by atoms with Crippen LogP contribution in [-0.4, -0.2) is 37.5 Å².